The maximum Gasteiger partial charge on any atom is 0.299 e. The highest BCUT2D eigenvalue weighted by Gasteiger charge is 2.35. The fraction of sp³-hybridized carbons (Fsp3) is 0.429. The Morgan fingerprint density at radius 3 is 2.72 bits per heavy atom. The van der Waals surface area contributed by atoms with Crippen LogP contribution in [-0.2, 0) is 4.79 Å². The number of ketones is 1. The molecule has 0 saturated carbocycles. The molecule has 96 valence electrons. The average Bonchev–Trinajstić information content (AvgIpc) is 2.59. The Morgan fingerprint density at radius 2 is 2.00 bits per heavy atom. The van der Waals surface area contributed by atoms with E-state index in [4.69, 9.17) is 0 Å². The van der Waals surface area contributed by atoms with Crippen LogP contribution in [0, 0.1) is 6.92 Å². The molecule has 1 aromatic carbocycles. The number of fused-ring (bicyclic) bond motifs is 1. The van der Waals surface area contributed by atoms with E-state index in [0.717, 1.165) is 24.2 Å². The van der Waals surface area contributed by atoms with Crippen LogP contribution in [0.3, 0.4) is 0 Å². The van der Waals surface area contributed by atoms with Gasteiger partial charge in [-0.15, -0.1) is 0 Å². The van der Waals surface area contributed by atoms with E-state index in [9.17, 15) is 9.59 Å². The summed E-state index contributed by atoms with van der Waals surface area (Å²) >= 11 is 0. The zero-order valence-corrected chi connectivity index (χ0v) is 10.8. The van der Waals surface area contributed by atoms with E-state index in [0.29, 0.717) is 18.7 Å². The zero-order valence-electron chi connectivity index (χ0n) is 10.8. The number of hydrogen-bond donors (Lipinski definition) is 1. The maximum atomic E-state index is 11.9. The minimum atomic E-state index is -0.408. The van der Waals surface area contributed by atoms with Gasteiger partial charge >= 0.3 is 0 Å². The highest BCUT2D eigenvalue weighted by molar-refractivity contribution is 6.52. The second-order valence-corrected chi connectivity index (χ2v) is 4.56. The molecule has 0 unspecified atom stereocenters. The van der Waals surface area contributed by atoms with Gasteiger partial charge in [0.2, 0.25) is 0 Å². The predicted octanol–water partition coefficient (Wildman–Crippen LogP) is 1.52. The molecule has 0 fully saturated rings. The summed E-state index contributed by atoms with van der Waals surface area (Å²) in [6.07, 6.45) is 1.06. The maximum absolute atomic E-state index is 11.9. The fourth-order valence-electron chi connectivity index (χ4n) is 2.13. The van der Waals surface area contributed by atoms with Gasteiger partial charge in [0, 0.05) is 13.1 Å². The van der Waals surface area contributed by atoms with Gasteiger partial charge in [-0.1, -0.05) is 18.6 Å². The molecule has 1 N–H and O–H groups in total. The Bertz CT molecular complexity index is 483. The number of hydrogen-bond acceptors (Lipinski definition) is 3. The Morgan fingerprint density at radius 1 is 1.22 bits per heavy atom. The molecule has 0 aromatic heterocycles. The van der Waals surface area contributed by atoms with E-state index in [1.807, 2.05) is 19.1 Å². The van der Waals surface area contributed by atoms with Crippen molar-refractivity contribution in [3.8, 4) is 0 Å². The number of aryl methyl sites for hydroxylation is 1. The molecule has 18 heavy (non-hydrogen) atoms. The van der Waals surface area contributed by atoms with E-state index in [2.05, 4.69) is 12.2 Å². The standard InChI is InChI=1S/C14H18N2O2/c1-3-6-15-7-8-16-12-5-4-10(2)9-11(12)13(17)14(16)18/h4-5,9,15H,3,6-8H2,1-2H3. The first-order chi connectivity index (χ1) is 8.65. The SMILES string of the molecule is CCCNCCN1C(=O)C(=O)c2cc(C)ccc21. The van der Waals surface area contributed by atoms with Crippen LogP contribution in [0.5, 0.6) is 0 Å². The summed E-state index contributed by atoms with van der Waals surface area (Å²) in [4.78, 5) is 25.3. The Labute approximate surface area is 107 Å². The lowest BCUT2D eigenvalue weighted by molar-refractivity contribution is -0.114. The highest BCUT2D eigenvalue weighted by Crippen LogP contribution is 2.29. The quantitative estimate of drug-likeness (QED) is 0.633. The van der Waals surface area contributed by atoms with Crippen molar-refractivity contribution in [2.75, 3.05) is 24.5 Å². The third kappa shape index (κ3) is 2.29. The zero-order chi connectivity index (χ0) is 13.1. The number of carbonyl (C=O) groups excluding carboxylic acids is 2. The molecule has 0 spiro atoms. The Kier molecular flexibility index (Phi) is 3.77. The van der Waals surface area contributed by atoms with Crippen LogP contribution in [0.2, 0.25) is 0 Å². The first-order valence-corrected chi connectivity index (χ1v) is 6.32. The van der Waals surface area contributed by atoms with Gasteiger partial charge in [-0.25, -0.2) is 0 Å². The number of carbonyl (C=O) groups is 2. The van der Waals surface area contributed by atoms with Gasteiger partial charge in [0.1, 0.15) is 0 Å². The van der Waals surface area contributed by atoms with E-state index >= 15 is 0 Å². The van der Waals surface area contributed by atoms with Crippen molar-refractivity contribution in [2.45, 2.75) is 20.3 Å². The van der Waals surface area contributed by atoms with Crippen molar-refractivity contribution in [3.05, 3.63) is 29.3 Å². The number of benzene rings is 1. The predicted molar refractivity (Wildman–Crippen MR) is 71.0 cm³/mol. The van der Waals surface area contributed by atoms with Crippen LogP contribution in [-0.4, -0.2) is 31.3 Å². The molecule has 4 heteroatoms. The van der Waals surface area contributed by atoms with Crippen molar-refractivity contribution in [1.82, 2.24) is 5.32 Å². The van der Waals surface area contributed by atoms with Crippen LogP contribution in [0.1, 0.15) is 29.3 Å². The van der Waals surface area contributed by atoms with Crippen LogP contribution in [0.15, 0.2) is 18.2 Å². The number of Topliss-reactive ketones (excluding diaryl/α,β-unsaturated/α-hetero) is 1. The summed E-state index contributed by atoms with van der Waals surface area (Å²) in [5.41, 5.74) is 2.28. The van der Waals surface area contributed by atoms with E-state index in [1.54, 1.807) is 11.0 Å². The third-order valence-electron chi connectivity index (χ3n) is 3.07. The molecule has 0 bridgehead atoms. The van der Waals surface area contributed by atoms with Crippen molar-refractivity contribution >= 4 is 17.4 Å². The minimum Gasteiger partial charge on any atom is -0.315 e. The molecular weight excluding hydrogens is 228 g/mol. The Balaban J connectivity index is 2.13. The van der Waals surface area contributed by atoms with Crippen LogP contribution in [0.25, 0.3) is 0 Å². The topological polar surface area (TPSA) is 49.4 Å². The van der Waals surface area contributed by atoms with E-state index < -0.39 is 5.91 Å². The van der Waals surface area contributed by atoms with Crippen molar-refractivity contribution < 1.29 is 9.59 Å². The monoisotopic (exact) mass is 246 g/mol. The fourth-order valence-corrected chi connectivity index (χ4v) is 2.13. The number of anilines is 1. The third-order valence-corrected chi connectivity index (χ3v) is 3.07. The summed E-state index contributed by atoms with van der Waals surface area (Å²) in [6, 6.07) is 5.57. The minimum absolute atomic E-state index is 0.385. The van der Waals surface area contributed by atoms with Gasteiger partial charge in [-0.2, -0.15) is 0 Å². The number of nitrogens with zero attached hydrogens (tertiary/aromatic N) is 1. The van der Waals surface area contributed by atoms with Gasteiger partial charge in [-0.3, -0.25) is 9.59 Å². The van der Waals surface area contributed by atoms with E-state index in [1.165, 1.54) is 0 Å². The second-order valence-electron chi connectivity index (χ2n) is 4.56. The molecule has 1 heterocycles. The molecule has 0 atom stereocenters. The van der Waals surface area contributed by atoms with E-state index in [-0.39, 0.29) is 5.78 Å². The van der Waals surface area contributed by atoms with Gasteiger partial charge in [0.15, 0.2) is 0 Å². The molecule has 1 aliphatic rings. The van der Waals surface area contributed by atoms with Gasteiger partial charge in [0.25, 0.3) is 11.7 Å². The first kappa shape index (κ1) is 12.8. The molecule has 1 amide bonds. The van der Waals surface area contributed by atoms with Crippen molar-refractivity contribution in [3.63, 3.8) is 0 Å². The van der Waals surface area contributed by atoms with Crippen molar-refractivity contribution in [1.29, 1.82) is 0 Å². The van der Waals surface area contributed by atoms with Gasteiger partial charge in [-0.05, 0) is 32.0 Å². The van der Waals surface area contributed by atoms with Crippen LogP contribution < -0.4 is 10.2 Å². The molecular formula is C14H18N2O2. The lowest BCUT2D eigenvalue weighted by atomic mass is 10.1. The summed E-state index contributed by atoms with van der Waals surface area (Å²) in [6.45, 7) is 6.19. The number of nitrogens with one attached hydrogen (secondary N) is 1. The van der Waals surface area contributed by atoms with Crippen LogP contribution in [0.4, 0.5) is 5.69 Å². The summed E-state index contributed by atoms with van der Waals surface area (Å²) < 4.78 is 0. The number of rotatable bonds is 5. The Hall–Kier alpha value is -1.68. The molecule has 0 aliphatic carbocycles. The lowest BCUT2D eigenvalue weighted by Gasteiger charge is -2.16. The molecule has 1 aliphatic heterocycles. The molecule has 2 rings (SSSR count). The van der Waals surface area contributed by atoms with Crippen molar-refractivity contribution in [2.24, 2.45) is 0 Å². The van der Waals surface area contributed by atoms with Gasteiger partial charge in [0.05, 0.1) is 11.3 Å². The first-order valence-electron chi connectivity index (χ1n) is 6.32. The van der Waals surface area contributed by atoms with Crippen LogP contribution >= 0.6 is 0 Å². The number of amides is 1. The summed E-state index contributed by atoms with van der Waals surface area (Å²) in [7, 11) is 0. The van der Waals surface area contributed by atoms with Gasteiger partial charge < -0.3 is 10.2 Å². The second kappa shape index (κ2) is 5.31. The smallest absolute Gasteiger partial charge is 0.299 e. The molecule has 0 saturated heterocycles. The molecule has 4 nitrogen and oxygen atoms in total. The molecule has 0 radical (unpaired) electrons. The normalized spacial score (nSPS) is 14.2. The highest BCUT2D eigenvalue weighted by atomic mass is 16.2. The molecule has 1 aromatic rings. The summed E-state index contributed by atoms with van der Waals surface area (Å²) in [5, 5.41) is 3.23. The average molecular weight is 246 g/mol. The largest absolute Gasteiger partial charge is 0.315 e. The summed E-state index contributed by atoms with van der Waals surface area (Å²) in [5.74, 6) is -0.793. The lowest BCUT2D eigenvalue weighted by Crippen LogP contribution is -2.36.